The van der Waals surface area contributed by atoms with E-state index in [1.807, 2.05) is 37.3 Å². The van der Waals surface area contributed by atoms with Crippen LogP contribution < -0.4 is 9.47 Å². The van der Waals surface area contributed by atoms with Gasteiger partial charge in [0.2, 0.25) is 5.69 Å². The molecule has 0 unspecified atom stereocenters. The van der Waals surface area contributed by atoms with Crippen LogP contribution in [0, 0.1) is 6.92 Å². The van der Waals surface area contributed by atoms with E-state index in [4.69, 9.17) is 21.1 Å². The summed E-state index contributed by atoms with van der Waals surface area (Å²) in [7, 11) is 1.48. The number of rotatable bonds is 4. The Kier molecular flexibility index (Phi) is 4.53. The zero-order valence-corrected chi connectivity index (χ0v) is 13.9. The standard InChI is InChI=1S/C18H15ClN2O3/c1-12-10-13(19)8-9-15(12)24-18(22)17-16(23-2)11-21(20-17)14-6-4-3-5-7-14/h3-11H,1-2H3. The lowest BCUT2D eigenvalue weighted by atomic mass is 10.2. The van der Waals surface area contributed by atoms with Gasteiger partial charge in [0.15, 0.2) is 5.75 Å². The first-order valence-electron chi connectivity index (χ1n) is 7.26. The number of carbonyl (C=O) groups is 1. The van der Waals surface area contributed by atoms with Gasteiger partial charge in [0, 0.05) is 5.02 Å². The molecule has 0 amide bonds. The largest absolute Gasteiger partial charge is 0.493 e. The minimum atomic E-state index is -0.591. The molecule has 6 heteroatoms. The number of aryl methyl sites for hydroxylation is 1. The zero-order chi connectivity index (χ0) is 17.1. The van der Waals surface area contributed by atoms with E-state index >= 15 is 0 Å². The number of ether oxygens (including phenoxy) is 2. The van der Waals surface area contributed by atoms with Crippen LogP contribution in [0.25, 0.3) is 5.69 Å². The molecule has 5 nitrogen and oxygen atoms in total. The predicted octanol–water partition coefficient (Wildman–Crippen LogP) is 4.06. The molecule has 0 N–H and O–H groups in total. The van der Waals surface area contributed by atoms with Crippen molar-refractivity contribution in [3.63, 3.8) is 0 Å². The van der Waals surface area contributed by atoms with Crippen LogP contribution in [0.1, 0.15) is 16.1 Å². The van der Waals surface area contributed by atoms with Crippen LogP contribution in [0.4, 0.5) is 0 Å². The summed E-state index contributed by atoms with van der Waals surface area (Å²) in [6.07, 6.45) is 1.64. The quantitative estimate of drug-likeness (QED) is 0.530. The smallest absolute Gasteiger partial charge is 0.368 e. The van der Waals surface area contributed by atoms with Crippen molar-refractivity contribution in [2.45, 2.75) is 6.92 Å². The molecule has 0 spiro atoms. The number of hydrogen-bond acceptors (Lipinski definition) is 4. The Morgan fingerprint density at radius 1 is 1.12 bits per heavy atom. The van der Waals surface area contributed by atoms with Gasteiger partial charge in [-0.25, -0.2) is 9.48 Å². The van der Waals surface area contributed by atoms with Gasteiger partial charge in [0.25, 0.3) is 0 Å². The SMILES string of the molecule is COc1cn(-c2ccccc2)nc1C(=O)Oc1ccc(Cl)cc1C. The number of aromatic nitrogens is 2. The summed E-state index contributed by atoms with van der Waals surface area (Å²) in [5.41, 5.74) is 1.69. The molecular weight excluding hydrogens is 328 g/mol. The molecule has 0 fully saturated rings. The van der Waals surface area contributed by atoms with E-state index in [1.165, 1.54) is 7.11 Å². The van der Waals surface area contributed by atoms with Crippen LogP contribution in [0.3, 0.4) is 0 Å². The maximum Gasteiger partial charge on any atom is 0.368 e. The van der Waals surface area contributed by atoms with Crippen LogP contribution in [-0.2, 0) is 0 Å². The van der Waals surface area contributed by atoms with Gasteiger partial charge in [-0.05, 0) is 42.8 Å². The van der Waals surface area contributed by atoms with Crippen molar-refractivity contribution in [2.75, 3.05) is 7.11 Å². The maximum absolute atomic E-state index is 12.5. The van der Waals surface area contributed by atoms with Crippen molar-refractivity contribution in [1.29, 1.82) is 0 Å². The molecule has 0 aliphatic carbocycles. The molecule has 0 atom stereocenters. The van der Waals surface area contributed by atoms with Gasteiger partial charge >= 0.3 is 5.97 Å². The molecule has 0 bridgehead atoms. The van der Waals surface area contributed by atoms with Gasteiger partial charge in [0.1, 0.15) is 5.75 Å². The molecule has 0 aliphatic heterocycles. The normalized spacial score (nSPS) is 10.5. The minimum Gasteiger partial charge on any atom is -0.493 e. The third kappa shape index (κ3) is 3.26. The van der Waals surface area contributed by atoms with Crippen LogP contribution in [0.15, 0.2) is 54.7 Å². The molecule has 3 rings (SSSR count). The summed E-state index contributed by atoms with van der Waals surface area (Å²) in [6.45, 7) is 1.81. The Hall–Kier alpha value is -2.79. The third-order valence-electron chi connectivity index (χ3n) is 3.45. The average molecular weight is 343 g/mol. The number of benzene rings is 2. The first-order valence-corrected chi connectivity index (χ1v) is 7.63. The lowest BCUT2D eigenvalue weighted by Gasteiger charge is -2.07. The number of nitrogens with zero attached hydrogens (tertiary/aromatic N) is 2. The summed E-state index contributed by atoms with van der Waals surface area (Å²) < 4.78 is 12.2. The monoisotopic (exact) mass is 342 g/mol. The Balaban J connectivity index is 1.90. The molecule has 3 aromatic rings. The van der Waals surface area contributed by atoms with Crippen molar-refractivity contribution >= 4 is 17.6 Å². The molecule has 0 saturated heterocycles. The lowest BCUT2D eigenvalue weighted by molar-refractivity contribution is 0.0723. The zero-order valence-electron chi connectivity index (χ0n) is 13.2. The summed E-state index contributed by atoms with van der Waals surface area (Å²) in [6, 6.07) is 14.5. The fourth-order valence-electron chi connectivity index (χ4n) is 2.24. The molecule has 0 radical (unpaired) electrons. The molecule has 1 heterocycles. The molecule has 24 heavy (non-hydrogen) atoms. The van der Waals surface area contributed by atoms with E-state index in [-0.39, 0.29) is 5.69 Å². The van der Waals surface area contributed by atoms with Crippen LogP contribution in [0.2, 0.25) is 5.02 Å². The minimum absolute atomic E-state index is 0.107. The van der Waals surface area contributed by atoms with Crippen molar-refractivity contribution in [1.82, 2.24) is 9.78 Å². The topological polar surface area (TPSA) is 53.4 Å². The molecule has 0 saturated carbocycles. The average Bonchev–Trinajstić information content (AvgIpc) is 3.02. The fraction of sp³-hybridized carbons (Fsp3) is 0.111. The second-order valence-electron chi connectivity index (χ2n) is 5.13. The molecular formula is C18H15ClN2O3. The van der Waals surface area contributed by atoms with Gasteiger partial charge in [0.05, 0.1) is 19.0 Å². The number of carbonyl (C=O) groups excluding carboxylic acids is 1. The van der Waals surface area contributed by atoms with Gasteiger partial charge in [-0.2, -0.15) is 5.10 Å². The van der Waals surface area contributed by atoms with E-state index in [1.54, 1.807) is 29.1 Å². The summed E-state index contributed by atoms with van der Waals surface area (Å²) in [5, 5.41) is 4.87. The second-order valence-corrected chi connectivity index (χ2v) is 5.56. The first kappa shape index (κ1) is 16.1. The van der Waals surface area contributed by atoms with Gasteiger partial charge in [-0.3, -0.25) is 0 Å². The highest BCUT2D eigenvalue weighted by Crippen LogP contribution is 2.25. The van der Waals surface area contributed by atoms with E-state index in [0.29, 0.717) is 16.5 Å². The highest BCUT2D eigenvalue weighted by Gasteiger charge is 2.21. The van der Waals surface area contributed by atoms with Gasteiger partial charge in [-0.15, -0.1) is 0 Å². The van der Waals surface area contributed by atoms with Gasteiger partial charge in [-0.1, -0.05) is 29.8 Å². The van der Waals surface area contributed by atoms with Crippen molar-refractivity contribution in [3.8, 4) is 17.2 Å². The fourth-order valence-corrected chi connectivity index (χ4v) is 2.46. The van der Waals surface area contributed by atoms with E-state index in [9.17, 15) is 4.79 Å². The highest BCUT2D eigenvalue weighted by molar-refractivity contribution is 6.30. The van der Waals surface area contributed by atoms with Crippen LogP contribution in [0.5, 0.6) is 11.5 Å². The van der Waals surface area contributed by atoms with Crippen LogP contribution >= 0.6 is 11.6 Å². The number of methoxy groups -OCH3 is 1. The Morgan fingerprint density at radius 2 is 1.88 bits per heavy atom. The lowest BCUT2D eigenvalue weighted by Crippen LogP contribution is -2.12. The molecule has 122 valence electrons. The number of halogens is 1. The molecule has 2 aromatic carbocycles. The summed E-state index contributed by atoms with van der Waals surface area (Å²) >= 11 is 5.91. The third-order valence-corrected chi connectivity index (χ3v) is 3.69. The van der Waals surface area contributed by atoms with Crippen molar-refractivity contribution in [3.05, 3.63) is 71.0 Å². The number of esters is 1. The van der Waals surface area contributed by atoms with E-state index < -0.39 is 5.97 Å². The maximum atomic E-state index is 12.5. The van der Waals surface area contributed by atoms with Gasteiger partial charge < -0.3 is 9.47 Å². The van der Waals surface area contributed by atoms with Crippen molar-refractivity contribution in [2.24, 2.45) is 0 Å². The number of hydrogen-bond donors (Lipinski definition) is 0. The van der Waals surface area contributed by atoms with E-state index in [0.717, 1.165) is 11.3 Å². The Morgan fingerprint density at radius 3 is 2.54 bits per heavy atom. The first-order chi connectivity index (χ1) is 11.6. The summed E-state index contributed by atoms with van der Waals surface area (Å²) in [4.78, 5) is 12.5. The second kappa shape index (κ2) is 6.76. The van der Waals surface area contributed by atoms with Crippen molar-refractivity contribution < 1.29 is 14.3 Å². The molecule has 1 aromatic heterocycles. The molecule has 0 aliphatic rings. The predicted molar refractivity (Wildman–Crippen MR) is 91.3 cm³/mol. The Bertz CT molecular complexity index is 875. The highest BCUT2D eigenvalue weighted by atomic mass is 35.5. The van der Waals surface area contributed by atoms with Crippen LogP contribution in [-0.4, -0.2) is 22.9 Å². The van der Waals surface area contributed by atoms with E-state index in [2.05, 4.69) is 5.10 Å². The number of para-hydroxylation sites is 1. The Labute approximate surface area is 144 Å². The summed E-state index contributed by atoms with van der Waals surface area (Å²) in [5.74, 6) is 0.183.